The summed E-state index contributed by atoms with van der Waals surface area (Å²) in [6.07, 6.45) is 3.87. The fraction of sp³-hybridized carbons (Fsp3) is 0.368. The van der Waals surface area contributed by atoms with E-state index in [4.69, 9.17) is 4.74 Å². The van der Waals surface area contributed by atoms with E-state index in [1.807, 2.05) is 18.2 Å². The summed E-state index contributed by atoms with van der Waals surface area (Å²) < 4.78 is 5.97. The van der Waals surface area contributed by atoms with E-state index < -0.39 is 4.92 Å². The minimum absolute atomic E-state index is 0. The van der Waals surface area contributed by atoms with Crippen LogP contribution in [0, 0.1) is 10.1 Å². The van der Waals surface area contributed by atoms with Crippen LogP contribution in [-0.2, 0) is 13.2 Å². The molecule has 0 aromatic heterocycles. The topological polar surface area (TPSA) is 55.6 Å². The molecule has 1 heterocycles. The molecular weight excluding hydrogens is 340 g/mol. The Morgan fingerprint density at radius 2 is 1.68 bits per heavy atom. The van der Waals surface area contributed by atoms with E-state index in [0.717, 1.165) is 30.9 Å². The van der Waals surface area contributed by atoms with Gasteiger partial charge in [0.05, 0.1) is 4.92 Å². The average Bonchev–Trinajstić information content (AvgIpc) is 2.62. The van der Waals surface area contributed by atoms with Gasteiger partial charge in [0.15, 0.2) is 0 Å². The van der Waals surface area contributed by atoms with Gasteiger partial charge in [-0.15, -0.1) is 12.4 Å². The molecule has 0 amide bonds. The number of nitrogens with zero attached hydrogens (tertiary/aromatic N) is 2. The maximum absolute atomic E-state index is 10.7. The van der Waals surface area contributed by atoms with Gasteiger partial charge in [0.1, 0.15) is 12.4 Å². The van der Waals surface area contributed by atoms with E-state index in [2.05, 4.69) is 11.0 Å². The second kappa shape index (κ2) is 9.39. The van der Waals surface area contributed by atoms with Crippen LogP contribution in [0.2, 0.25) is 0 Å². The third-order valence-electron chi connectivity index (χ3n) is 4.36. The third kappa shape index (κ3) is 5.44. The van der Waals surface area contributed by atoms with Gasteiger partial charge in [-0.25, -0.2) is 0 Å². The Kier molecular flexibility index (Phi) is 7.22. The Labute approximate surface area is 154 Å². The zero-order valence-corrected chi connectivity index (χ0v) is 14.9. The summed E-state index contributed by atoms with van der Waals surface area (Å²) >= 11 is 0. The van der Waals surface area contributed by atoms with Crippen LogP contribution >= 0.6 is 12.4 Å². The molecule has 0 N–H and O–H groups in total. The van der Waals surface area contributed by atoms with Gasteiger partial charge < -0.3 is 4.74 Å². The number of benzene rings is 2. The largest absolute Gasteiger partial charge is 0.489 e. The van der Waals surface area contributed by atoms with Gasteiger partial charge in [-0.05, 0) is 49.7 Å². The number of non-ortho nitro benzene ring substituents is 1. The van der Waals surface area contributed by atoms with E-state index in [9.17, 15) is 10.1 Å². The first-order chi connectivity index (χ1) is 11.7. The number of halogens is 1. The van der Waals surface area contributed by atoms with Crippen molar-refractivity contribution in [2.24, 2.45) is 0 Å². The van der Waals surface area contributed by atoms with Crippen LogP contribution in [-0.4, -0.2) is 22.9 Å². The molecule has 0 unspecified atom stereocenters. The number of nitro groups is 1. The van der Waals surface area contributed by atoms with Crippen LogP contribution in [0.4, 0.5) is 5.69 Å². The Hall–Kier alpha value is -2.11. The van der Waals surface area contributed by atoms with Gasteiger partial charge in [0.2, 0.25) is 0 Å². The highest BCUT2D eigenvalue weighted by Gasteiger charge is 2.13. The van der Waals surface area contributed by atoms with Crippen LogP contribution in [0.25, 0.3) is 0 Å². The summed E-state index contributed by atoms with van der Waals surface area (Å²) in [6, 6.07) is 14.6. The molecule has 1 saturated heterocycles. The molecule has 0 radical (unpaired) electrons. The maximum atomic E-state index is 10.7. The monoisotopic (exact) mass is 362 g/mol. The molecule has 1 fully saturated rings. The maximum Gasteiger partial charge on any atom is 0.269 e. The molecule has 6 heteroatoms. The molecule has 2 aromatic rings. The lowest BCUT2D eigenvalue weighted by Crippen LogP contribution is -2.29. The Morgan fingerprint density at radius 1 is 1.00 bits per heavy atom. The number of ether oxygens (including phenoxy) is 1. The van der Waals surface area contributed by atoms with Gasteiger partial charge in [0.25, 0.3) is 5.69 Å². The van der Waals surface area contributed by atoms with E-state index in [1.54, 1.807) is 12.1 Å². The molecular formula is C19H23ClN2O3. The predicted molar refractivity (Wildman–Crippen MR) is 100 cm³/mol. The number of para-hydroxylation sites is 1. The number of hydrogen-bond donors (Lipinski definition) is 0. The first kappa shape index (κ1) is 19.2. The van der Waals surface area contributed by atoms with Crippen LogP contribution in [0.5, 0.6) is 5.75 Å². The van der Waals surface area contributed by atoms with E-state index >= 15 is 0 Å². The predicted octanol–water partition coefficient (Wildman–Crippen LogP) is 4.58. The summed E-state index contributed by atoms with van der Waals surface area (Å²) in [5.74, 6) is 0.890. The van der Waals surface area contributed by atoms with Crippen LogP contribution in [0.1, 0.15) is 30.4 Å². The van der Waals surface area contributed by atoms with Gasteiger partial charge >= 0.3 is 0 Å². The third-order valence-corrected chi connectivity index (χ3v) is 4.36. The van der Waals surface area contributed by atoms with Crippen molar-refractivity contribution >= 4 is 18.1 Å². The number of rotatable bonds is 6. The lowest BCUT2D eigenvalue weighted by Gasteiger charge is -2.27. The fourth-order valence-electron chi connectivity index (χ4n) is 3.01. The average molecular weight is 363 g/mol. The summed E-state index contributed by atoms with van der Waals surface area (Å²) in [5, 5.41) is 10.7. The molecule has 2 aromatic carbocycles. The summed E-state index contributed by atoms with van der Waals surface area (Å²) in [7, 11) is 0. The van der Waals surface area contributed by atoms with Crippen molar-refractivity contribution in [3.8, 4) is 5.75 Å². The summed E-state index contributed by atoms with van der Waals surface area (Å²) in [6.45, 7) is 3.62. The van der Waals surface area contributed by atoms with Gasteiger partial charge in [-0.1, -0.05) is 24.6 Å². The number of piperidine rings is 1. The summed E-state index contributed by atoms with van der Waals surface area (Å²) in [5.41, 5.74) is 2.22. The highest BCUT2D eigenvalue weighted by atomic mass is 35.5. The highest BCUT2D eigenvalue weighted by Crippen LogP contribution is 2.23. The van der Waals surface area contributed by atoms with Crippen molar-refractivity contribution in [2.45, 2.75) is 32.4 Å². The lowest BCUT2D eigenvalue weighted by atomic mass is 10.1. The lowest BCUT2D eigenvalue weighted by molar-refractivity contribution is -0.384. The molecule has 5 nitrogen and oxygen atoms in total. The van der Waals surface area contributed by atoms with E-state index in [-0.39, 0.29) is 18.1 Å². The quantitative estimate of drug-likeness (QED) is 0.557. The van der Waals surface area contributed by atoms with Crippen molar-refractivity contribution in [3.63, 3.8) is 0 Å². The van der Waals surface area contributed by atoms with Crippen molar-refractivity contribution < 1.29 is 9.66 Å². The Bertz CT molecular complexity index is 685. The second-order valence-corrected chi connectivity index (χ2v) is 6.16. The molecule has 0 saturated carbocycles. The molecule has 134 valence electrons. The number of hydrogen-bond acceptors (Lipinski definition) is 4. The fourth-order valence-corrected chi connectivity index (χ4v) is 3.01. The smallest absolute Gasteiger partial charge is 0.269 e. The van der Waals surface area contributed by atoms with Gasteiger partial charge in [-0.3, -0.25) is 15.0 Å². The number of likely N-dealkylation sites (tertiary alicyclic amines) is 1. The zero-order chi connectivity index (χ0) is 16.8. The van der Waals surface area contributed by atoms with Gasteiger partial charge in [-0.2, -0.15) is 0 Å². The Balaban J connectivity index is 0.00000225. The van der Waals surface area contributed by atoms with Crippen molar-refractivity contribution in [1.82, 2.24) is 4.90 Å². The molecule has 1 aliphatic rings. The van der Waals surface area contributed by atoms with E-state index in [1.165, 1.54) is 37.0 Å². The number of nitro benzene ring substituents is 1. The normalized spacial score (nSPS) is 14.6. The highest BCUT2D eigenvalue weighted by molar-refractivity contribution is 5.85. The molecule has 0 spiro atoms. The van der Waals surface area contributed by atoms with Crippen LogP contribution < -0.4 is 4.74 Å². The first-order valence-electron chi connectivity index (χ1n) is 8.39. The van der Waals surface area contributed by atoms with Crippen LogP contribution in [0.15, 0.2) is 48.5 Å². The van der Waals surface area contributed by atoms with Crippen molar-refractivity contribution in [1.29, 1.82) is 0 Å². The Morgan fingerprint density at radius 3 is 2.36 bits per heavy atom. The second-order valence-electron chi connectivity index (χ2n) is 6.16. The molecule has 0 atom stereocenters. The van der Waals surface area contributed by atoms with Gasteiger partial charge in [0, 0.05) is 24.2 Å². The minimum atomic E-state index is -0.390. The molecule has 0 bridgehead atoms. The zero-order valence-electron chi connectivity index (χ0n) is 14.1. The summed E-state index contributed by atoms with van der Waals surface area (Å²) in [4.78, 5) is 12.8. The molecule has 0 aliphatic carbocycles. The van der Waals surface area contributed by atoms with E-state index in [0.29, 0.717) is 6.61 Å². The minimum Gasteiger partial charge on any atom is -0.489 e. The standard InChI is InChI=1S/C19H22N2O3.ClH/c22-21(23)18-10-8-16(9-11-18)15-24-19-7-3-2-6-17(19)14-20-12-4-1-5-13-20;/h2-3,6-11H,1,4-5,12-15H2;1H. The SMILES string of the molecule is Cl.O=[N+]([O-])c1ccc(COc2ccccc2CN2CCCCC2)cc1. The molecule has 1 aliphatic heterocycles. The van der Waals surface area contributed by atoms with Crippen LogP contribution in [0.3, 0.4) is 0 Å². The molecule has 25 heavy (non-hydrogen) atoms. The van der Waals surface area contributed by atoms with Crippen molar-refractivity contribution in [3.05, 3.63) is 69.8 Å². The van der Waals surface area contributed by atoms with Crippen molar-refractivity contribution in [2.75, 3.05) is 13.1 Å². The first-order valence-corrected chi connectivity index (χ1v) is 8.39. The molecule has 3 rings (SSSR count).